The molecule has 5 rings (SSSR count). The Hall–Kier alpha value is -3.73. The molecule has 0 amide bonds. The van der Waals surface area contributed by atoms with E-state index in [0.29, 0.717) is 17.1 Å². The van der Waals surface area contributed by atoms with E-state index in [1.54, 1.807) is 30.6 Å². The molecule has 0 fully saturated rings. The van der Waals surface area contributed by atoms with Crippen LogP contribution >= 0.6 is 0 Å². The third-order valence-corrected chi connectivity index (χ3v) is 4.96. The first-order chi connectivity index (χ1) is 13.7. The molecule has 0 spiro atoms. The minimum atomic E-state index is -0.314. The summed E-state index contributed by atoms with van der Waals surface area (Å²) in [6.07, 6.45) is 5.30. The number of allylic oxidation sites excluding steroid dienone is 1. The summed E-state index contributed by atoms with van der Waals surface area (Å²) in [6, 6.07) is 16.6. The van der Waals surface area contributed by atoms with Crippen LogP contribution in [0.2, 0.25) is 0 Å². The van der Waals surface area contributed by atoms with Gasteiger partial charge >= 0.3 is 5.97 Å². The molecule has 0 N–H and O–H groups in total. The van der Waals surface area contributed by atoms with Crippen molar-refractivity contribution in [3.05, 3.63) is 95.0 Å². The molecule has 0 bridgehead atoms. The number of ether oxygens (including phenoxy) is 2. The highest BCUT2D eigenvalue weighted by molar-refractivity contribution is 6.15. The van der Waals surface area contributed by atoms with E-state index >= 15 is 0 Å². The standard InChI is InChI=1S/C23H15NO4/c25-20-12-17(15-7-4-10-24-13-15)21-18(27-20)9-8-16-22(26)19(28-23(16)21)11-14-5-2-1-3-6-14/h1-11,13,17H,12H2/b19-11-/t17-/m1/s1. The van der Waals surface area contributed by atoms with E-state index in [1.807, 2.05) is 42.5 Å². The predicted molar refractivity (Wildman–Crippen MR) is 102 cm³/mol. The SMILES string of the molecule is O=C1C[C@H](c2cccnc2)c2c(ccc3c2O/C(=C\c2ccccc2)C3=O)O1. The number of nitrogens with zero attached hydrogens (tertiary/aromatic N) is 1. The summed E-state index contributed by atoms with van der Waals surface area (Å²) in [4.78, 5) is 29.2. The smallest absolute Gasteiger partial charge is 0.312 e. The van der Waals surface area contributed by atoms with Crippen molar-refractivity contribution in [3.63, 3.8) is 0 Å². The van der Waals surface area contributed by atoms with Gasteiger partial charge in [-0.2, -0.15) is 0 Å². The summed E-state index contributed by atoms with van der Waals surface area (Å²) in [5, 5.41) is 0. The molecule has 0 radical (unpaired) electrons. The number of esters is 1. The second-order valence-electron chi connectivity index (χ2n) is 6.72. The first kappa shape index (κ1) is 16.4. The lowest BCUT2D eigenvalue weighted by atomic mass is 9.85. The Bertz CT molecular complexity index is 1120. The predicted octanol–water partition coefficient (Wildman–Crippen LogP) is 4.14. The van der Waals surface area contributed by atoms with Gasteiger partial charge < -0.3 is 9.47 Å². The van der Waals surface area contributed by atoms with Crippen LogP contribution in [0.25, 0.3) is 6.08 Å². The molecule has 1 atom stereocenters. The molecular formula is C23H15NO4. The number of Topliss-reactive ketones (excluding diaryl/α,β-unsaturated/α-hetero) is 1. The molecule has 2 aliphatic rings. The Morgan fingerprint density at radius 1 is 0.964 bits per heavy atom. The van der Waals surface area contributed by atoms with Gasteiger partial charge in [0.15, 0.2) is 5.76 Å². The number of aromatic nitrogens is 1. The van der Waals surface area contributed by atoms with E-state index in [9.17, 15) is 9.59 Å². The Labute approximate surface area is 161 Å². The van der Waals surface area contributed by atoms with E-state index in [4.69, 9.17) is 9.47 Å². The van der Waals surface area contributed by atoms with Crippen molar-refractivity contribution in [2.75, 3.05) is 0 Å². The van der Waals surface area contributed by atoms with Crippen LogP contribution in [0.5, 0.6) is 11.5 Å². The van der Waals surface area contributed by atoms with Crippen LogP contribution in [0, 0.1) is 0 Å². The Morgan fingerprint density at radius 2 is 1.82 bits per heavy atom. The molecule has 136 valence electrons. The molecule has 0 saturated carbocycles. The van der Waals surface area contributed by atoms with Gasteiger partial charge in [0.25, 0.3) is 0 Å². The van der Waals surface area contributed by atoms with E-state index in [0.717, 1.165) is 16.7 Å². The molecule has 28 heavy (non-hydrogen) atoms. The van der Waals surface area contributed by atoms with Crippen LogP contribution in [-0.4, -0.2) is 16.7 Å². The Balaban J connectivity index is 1.63. The quantitative estimate of drug-likeness (QED) is 0.386. The maximum Gasteiger partial charge on any atom is 0.312 e. The van der Waals surface area contributed by atoms with Crippen molar-refractivity contribution in [1.82, 2.24) is 4.98 Å². The molecular weight excluding hydrogens is 354 g/mol. The number of ketones is 1. The monoisotopic (exact) mass is 369 g/mol. The zero-order valence-electron chi connectivity index (χ0n) is 14.8. The first-order valence-electron chi connectivity index (χ1n) is 8.97. The highest BCUT2D eigenvalue weighted by atomic mass is 16.5. The van der Waals surface area contributed by atoms with Crippen molar-refractivity contribution in [2.24, 2.45) is 0 Å². The Morgan fingerprint density at radius 3 is 2.61 bits per heavy atom. The number of hydrogen-bond acceptors (Lipinski definition) is 5. The highest BCUT2D eigenvalue weighted by Gasteiger charge is 2.38. The Kier molecular flexibility index (Phi) is 3.79. The van der Waals surface area contributed by atoms with Gasteiger partial charge in [-0.25, -0.2) is 0 Å². The molecule has 0 aliphatic carbocycles. The summed E-state index contributed by atoms with van der Waals surface area (Å²) in [7, 11) is 0. The summed E-state index contributed by atoms with van der Waals surface area (Å²) >= 11 is 0. The summed E-state index contributed by atoms with van der Waals surface area (Å²) < 4.78 is 11.4. The van der Waals surface area contributed by atoms with Gasteiger partial charge in [-0.15, -0.1) is 0 Å². The lowest BCUT2D eigenvalue weighted by molar-refractivity contribution is -0.135. The fraction of sp³-hybridized carbons (Fsp3) is 0.0870. The van der Waals surface area contributed by atoms with Gasteiger partial charge in [0, 0.05) is 23.9 Å². The van der Waals surface area contributed by atoms with Gasteiger partial charge in [-0.05, 0) is 35.4 Å². The molecule has 3 heterocycles. The molecule has 3 aromatic rings. The zero-order chi connectivity index (χ0) is 19.1. The number of fused-ring (bicyclic) bond motifs is 3. The lowest BCUT2D eigenvalue weighted by Gasteiger charge is -2.26. The largest absolute Gasteiger partial charge is 0.452 e. The van der Waals surface area contributed by atoms with Gasteiger partial charge in [-0.3, -0.25) is 14.6 Å². The van der Waals surface area contributed by atoms with Crippen LogP contribution in [0.4, 0.5) is 0 Å². The number of hydrogen-bond donors (Lipinski definition) is 0. The maximum atomic E-state index is 12.9. The summed E-state index contributed by atoms with van der Waals surface area (Å²) in [5.74, 6) is 0.387. The maximum absolute atomic E-state index is 12.9. The third-order valence-electron chi connectivity index (χ3n) is 4.96. The average molecular weight is 369 g/mol. The van der Waals surface area contributed by atoms with Gasteiger partial charge in [0.05, 0.1) is 12.0 Å². The van der Waals surface area contributed by atoms with Crippen molar-refractivity contribution in [1.29, 1.82) is 0 Å². The van der Waals surface area contributed by atoms with Crippen molar-refractivity contribution >= 4 is 17.8 Å². The number of pyridine rings is 1. The van der Waals surface area contributed by atoms with Gasteiger partial charge in [0.1, 0.15) is 11.5 Å². The van der Waals surface area contributed by atoms with Crippen LogP contribution in [-0.2, 0) is 4.79 Å². The molecule has 5 heteroatoms. The molecule has 0 saturated heterocycles. The molecule has 2 aliphatic heterocycles. The molecule has 5 nitrogen and oxygen atoms in total. The number of benzene rings is 2. The van der Waals surface area contributed by atoms with Crippen LogP contribution < -0.4 is 9.47 Å². The fourth-order valence-electron chi connectivity index (χ4n) is 3.67. The fourth-order valence-corrected chi connectivity index (χ4v) is 3.67. The highest BCUT2D eigenvalue weighted by Crippen LogP contribution is 2.48. The van der Waals surface area contributed by atoms with E-state index in [1.165, 1.54) is 0 Å². The topological polar surface area (TPSA) is 65.5 Å². The van der Waals surface area contributed by atoms with Gasteiger partial charge in [0.2, 0.25) is 5.78 Å². The van der Waals surface area contributed by atoms with Crippen molar-refractivity contribution in [2.45, 2.75) is 12.3 Å². The van der Waals surface area contributed by atoms with Crippen molar-refractivity contribution < 1.29 is 19.1 Å². The summed E-state index contributed by atoms with van der Waals surface area (Å²) in [5.41, 5.74) is 2.95. The normalized spacial score (nSPS) is 19.0. The third kappa shape index (κ3) is 2.68. The van der Waals surface area contributed by atoms with E-state index < -0.39 is 0 Å². The number of carbonyl (C=O) groups excluding carboxylic acids is 2. The summed E-state index contributed by atoms with van der Waals surface area (Å²) in [6.45, 7) is 0. The van der Waals surface area contributed by atoms with Crippen LogP contribution in [0.3, 0.4) is 0 Å². The van der Waals surface area contributed by atoms with E-state index in [2.05, 4.69) is 4.98 Å². The second-order valence-corrected chi connectivity index (χ2v) is 6.72. The minimum Gasteiger partial charge on any atom is -0.452 e. The van der Waals surface area contributed by atoms with E-state index in [-0.39, 0.29) is 29.9 Å². The molecule has 0 unspecified atom stereocenters. The number of carbonyl (C=O) groups is 2. The van der Waals surface area contributed by atoms with Gasteiger partial charge in [-0.1, -0.05) is 36.4 Å². The minimum absolute atomic E-state index is 0.171. The molecule has 2 aromatic carbocycles. The van der Waals surface area contributed by atoms with Crippen LogP contribution in [0.15, 0.2) is 72.8 Å². The number of rotatable bonds is 2. The second kappa shape index (κ2) is 6.46. The molecule has 1 aromatic heterocycles. The first-order valence-corrected chi connectivity index (χ1v) is 8.97. The lowest BCUT2D eigenvalue weighted by Crippen LogP contribution is -2.21. The zero-order valence-corrected chi connectivity index (χ0v) is 14.8. The average Bonchev–Trinajstić information content (AvgIpc) is 3.04. The van der Waals surface area contributed by atoms with Crippen molar-refractivity contribution in [3.8, 4) is 11.5 Å². The van der Waals surface area contributed by atoms with Crippen LogP contribution in [0.1, 0.15) is 39.4 Å².